The van der Waals surface area contributed by atoms with Crippen LogP contribution in [0.2, 0.25) is 0 Å². The molecule has 2 heteroatoms. The first-order valence-electron chi connectivity index (χ1n) is 9.66. The molecule has 0 saturated carbocycles. The molecule has 0 amide bonds. The van der Waals surface area contributed by atoms with Crippen LogP contribution in [0.4, 0.5) is 0 Å². The number of aliphatic hydroxyl groups is 1. The van der Waals surface area contributed by atoms with E-state index in [0.717, 1.165) is 19.3 Å². The first-order chi connectivity index (χ1) is 12.1. The third-order valence-electron chi connectivity index (χ3n) is 6.18. The van der Waals surface area contributed by atoms with Crippen LogP contribution in [-0.2, 0) is 0 Å². The van der Waals surface area contributed by atoms with E-state index in [2.05, 4.69) is 86.8 Å². The summed E-state index contributed by atoms with van der Waals surface area (Å²) in [7, 11) is 0. The highest BCUT2D eigenvalue weighted by molar-refractivity contribution is 5.27. The molecular weight excluding hydrogens is 306 g/mol. The fourth-order valence-electron chi connectivity index (χ4n) is 4.48. The van der Waals surface area contributed by atoms with E-state index in [0.29, 0.717) is 0 Å². The van der Waals surface area contributed by atoms with E-state index < -0.39 is 5.60 Å². The number of piperidine rings is 1. The van der Waals surface area contributed by atoms with Crippen LogP contribution >= 0.6 is 0 Å². The number of hydrogen-bond donors (Lipinski definition) is 2. The molecule has 5 atom stereocenters. The molecule has 0 aromatic heterocycles. The average molecular weight is 338 g/mol. The van der Waals surface area contributed by atoms with Gasteiger partial charge in [0.05, 0.1) is 5.60 Å². The van der Waals surface area contributed by atoms with Gasteiger partial charge in [0.2, 0.25) is 0 Å². The highest BCUT2D eigenvalue weighted by Crippen LogP contribution is 2.48. The van der Waals surface area contributed by atoms with Gasteiger partial charge in [0, 0.05) is 23.9 Å². The molecule has 1 fully saturated rings. The summed E-state index contributed by atoms with van der Waals surface area (Å²) >= 11 is 0. The van der Waals surface area contributed by atoms with Crippen molar-refractivity contribution in [3.05, 3.63) is 71.8 Å². The molecule has 1 saturated heterocycles. The van der Waals surface area contributed by atoms with Gasteiger partial charge in [-0.15, -0.1) is 0 Å². The maximum absolute atomic E-state index is 11.8. The van der Waals surface area contributed by atoms with Gasteiger partial charge in [-0.2, -0.15) is 0 Å². The Balaban J connectivity index is 2.00. The lowest BCUT2D eigenvalue weighted by Gasteiger charge is -2.52. The van der Waals surface area contributed by atoms with E-state index in [-0.39, 0.29) is 23.9 Å². The number of hydrogen-bond acceptors (Lipinski definition) is 2. The van der Waals surface area contributed by atoms with Crippen molar-refractivity contribution in [3.8, 4) is 0 Å². The van der Waals surface area contributed by atoms with Gasteiger partial charge in [-0.25, -0.2) is 0 Å². The Morgan fingerprint density at radius 1 is 0.840 bits per heavy atom. The molecule has 0 spiro atoms. The molecule has 2 N–H and O–H groups in total. The third-order valence-corrected chi connectivity index (χ3v) is 6.18. The van der Waals surface area contributed by atoms with Crippen LogP contribution in [-0.4, -0.2) is 10.7 Å². The molecular formula is C23H31NO. The van der Waals surface area contributed by atoms with Crippen molar-refractivity contribution < 1.29 is 5.11 Å². The lowest BCUT2D eigenvalue weighted by molar-refractivity contribution is -0.117. The summed E-state index contributed by atoms with van der Waals surface area (Å²) in [5, 5.41) is 15.6. The quantitative estimate of drug-likeness (QED) is 0.779. The molecule has 0 aliphatic carbocycles. The van der Waals surface area contributed by atoms with Gasteiger partial charge in [-0.05, 0) is 17.5 Å². The maximum atomic E-state index is 11.8. The molecule has 0 bridgehead atoms. The molecule has 1 aliphatic heterocycles. The molecule has 1 aliphatic rings. The Labute approximate surface area is 152 Å². The van der Waals surface area contributed by atoms with Gasteiger partial charge in [0.25, 0.3) is 0 Å². The predicted molar refractivity (Wildman–Crippen MR) is 104 cm³/mol. The second-order valence-corrected chi connectivity index (χ2v) is 7.62. The van der Waals surface area contributed by atoms with Crippen molar-refractivity contribution in [1.82, 2.24) is 5.32 Å². The van der Waals surface area contributed by atoms with Crippen LogP contribution in [0, 0.1) is 11.8 Å². The molecule has 2 nitrogen and oxygen atoms in total. The summed E-state index contributed by atoms with van der Waals surface area (Å²) in [5.41, 5.74) is 1.86. The number of rotatable bonds is 5. The first kappa shape index (κ1) is 18.2. The van der Waals surface area contributed by atoms with Crippen molar-refractivity contribution in [3.63, 3.8) is 0 Å². The lowest BCUT2D eigenvalue weighted by atomic mass is 9.64. The fraction of sp³-hybridized carbons (Fsp3) is 0.478. The summed E-state index contributed by atoms with van der Waals surface area (Å²) < 4.78 is 0. The van der Waals surface area contributed by atoms with E-state index >= 15 is 0 Å². The highest BCUT2D eigenvalue weighted by atomic mass is 16.3. The molecule has 2 aromatic carbocycles. The zero-order valence-corrected chi connectivity index (χ0v) is 15.7. The highest BCUT2D eigenvalue weighted by Gasteiger charge is 2.50. The SMILES string of the molecule is CCCCC1(O)[C@H](C)[C@@H](c2ccccc2)N[C@@H](c2ccccc2)[C@H]1C. The minimum atomic E-state index is -0.664. The summed E-state index contributed by atoms with van der Waals surface area (Å²) in [5.74, 6) is 0.327. The Morgan fingerprint density at radius 3 is 1.68 bits per heavy atom. The van der Waals surface area contributed by atoms with E-state index in [1.54, 1.807) is 0 Å². The Morgan fingerprint density at radius 2 is 1.28 bits per heavy atom. The van der Waals surface area contributed by atoms with Crippen molar-refractivity contribution in [2.24, 2.45) is 11.8 Å². The normalized spacial score (nSPS) is 32.5. The standard InChI is InChI=1S/C23H31NO/c1-4-5-16-23(25)17(2)21(19-12-8-6-9-13-19)24-22(18(23)3)20-14-10-7-11-15-20/h6-15,17-18,21-22,24-25H,4-5,16H2,1-3H3/t17-,18-,21-,22+,23?/m1/s1. The van der Waals surface area contributed by atoms with Gasteiger partial charge in [-0.3, -0.25) is 0 Å². The predicted octanol–water partition coefficient (Wildman–Crippen LogP) is 5.27. The molecule has 1 unspecified atom stereocenters. The third kappa shape index (κ3) is 3.51. The Kier molecular flexibility index (Phi) is 5.61. The number of nitrogens with one attached hydrogen (secondary N) is 1. The minimum Gasteiger partial charge on any atom is -0.389 e. The molecule has 0 radical (unpaired) electrons. The number of benzene rings is 2. The van der Waals surface area contributed by atoms with Crippen molar-refractivity contribution in [2.75, 3.05) is 0 Å². The fourth-order valence-corrected chi connectivity index (χ4v) is 4.48. The smallest absolute Gasteiger partial charge is 0.0734 e. The van der Waals surface area contributed by atoms with E-state index in [1.807, 2.05) is 0 Å². The molecule has 134 valence electrons. The van der Waals surface area contributed by atoms with Crippen molar-refractivity contribution >= 4 is 0 Å². The van der Waals surface area contributed by atoms with Crippen LogP contribution in [0.3, 0.4) is 0 Å². The zero-order valence-electron chi connectivity index (χ0n) is 15.7. The Hall–Kier alpha value is -1.64. The molecule has 3 rings (SSSR count). The van der Waals surface area contributed by atoms with Crippen LogP contribution < -0.4 is 5.32 Å². The van der Waals surface area contributed by atoms with Crippen LogP contribution in [0.5, 0.6) is 0 Å². The van der Waals surface area contributed by atoms with E-state index in [4.69, 9.17) is 0 Å². The second-order valence-electron chi connectivity index (χ2n) is 7.62. The van der Waals surface area contributed by atoms with Crippen LogP contribution in [0.15, 0.2) is 60.7 Å². The summed E-state index contributed by atoms with van der Waals surface area (Å²) in [6.45, 7) is 6.61. The topological polar surface area (TPSA) is 32.3 Å². The maximum Gasteiger partial charge on any atom is 0.0734 e. The summed E-state index contributed by atoms with van der Waals surface area (Å²) in [6, 6.07) is 21.5. The van der Waals surface area contributed by atoms with E-state index in [1.165, 1.54) is 11.1 Å². The van der Waals surface area contributed by atoms with Crippen molar-refractivity contribution in [1.29, 1.82) is 0 Å². The van der Waals surface area contributed by atoms with Gasteiger partial charge in [0.15, 0.2) is 0 Å². The van der Waals surface area contributed by atoms with Gasteiger partial charge < -0.3 is 10.4 Å². The average Bonchev–Trinajstić information content (AvgIpc) is 2.66. The lowest BCUT2D eigenvalue weighted by Crippen LogP contribution is -2.57. The zero-order chi connectivity index (χ0) is 17.9. The van der Waals surface area contributed by atoms with Gasteiger partial charge in [-0.1, -0.05) is 94.3 Å². The first-order valence-corrected chi connectivity index (χ1v) is 9.66. The number of unbranched alkanes of at least 4 members (excludes halogenated alkanes) is 1. The Bertz CT molecular complexity index is 603. The summed E-state index contributed by atoms with van der Waals surface area (Å²) in [6.07, 6.45) is 3.04. The molecule has 25 heavy (non-hydrogen) atoms. The largest absolute Gasteiger partial charge is 0.389 e. The van der Waals surface area contributed by atoms with Crippen LogP contribution in [0.25, 0.3) is 0 Å². The van der Waals surface area contributed by atoms with Gasteiger partial charge >= 0.3 is 0 Å². The monoisotopic (exact) mass is 337 g/mol. The second kappa shape index (κ2) is 7.72. The van der Waals surface area contributed by atoms with E-state index in [9.17, 15) is 5.11 Å². The minimum absolute atomic E-state index is 0.157. The summed E-state index contributed by atoms with van der Waals surface area (Å²) in [4.78, 5) is 0. The molecule has 1 heterocycles. The van der Waals surface area contributed by atoms with Gasteiger partial charge in [0.1, 0.15) is 0 Å². The molecule has 2 aromatic rings. The van der Waals surface area contributed by atoms with Crippen molar-refractivity contribution in [2.45, 2.75) is 57.7 Å². The van der Waals surface area contributed by atoms with Crippen LogP contribution in [0.1, 0.15) is 63.2 Å².